The maximum atomic E-state index is 12.1. The molecule has 2 heterocycles. The largest absolute Gasteiger partial charge is 0.481 e. The summed E-state index contributed by atoms with van der Waals surface area (Å²) in [6.07, 6.45) is -2.62. The molecule has 2 aliphatic heterocycles. The second-order valence-corrected chi connectivity index (χ2v) is 13.4. The molecule has 0 aromatic carbocycles. The molecule has 3 amide bonds. The quantitative estimate of drug-likeness (QED) is 0.262. The zero-order chi connectivity index (χ0) is 36.6. The van der Waals surface area contributed by atoms with E-state index in [1.807, 2.05) is 20.8 Å². The van der Waals surface area contributed by atoms with E-state index >= 15 is 0 Å². The number of nitrogens with zero attached hydrogens (tertiary/aromatic N) is 3. The van der Waals surface area contributed by atoms with Gasteiger partial charge in [0.25, 0.3) is 0 Å². The minimum absolute atomic E-state index is 0.0579. The third kappa shape index (κ3) is 19.8. The molecule has 2 rings (SSSR count). The number of aliphatic carboxylic acids is 1. The number of carbonyl (C=O) groups is 4. The summed E-state index contributed by atoms with van der Waals surface area (Å²) in [6.45, 7) is 17.0. The van der Waals surface area contributed by atoms with Crippen LogP contribution in [0, 0.1) is 0 Å². The summed E-state index contributed by atoms with van der Waals surface area (Å²) in [5.41, 5.74) is -1.70. The van der Waals surface area contributed by atoms with Gasteiger partial charge in [-0.3, -0.25) is 4.79 Å². The van der Waals surface area contributed by atoms with Crippen LogP contribution in [-0.2, 0) is 28.6 Å². The SMILES string of the molecule is CN(C(=O)OC(C)(C)C)[C@H]1CN(C(=O)OC(C)(C)C)C[C@@H]1O.CN[C@H]1CN(C(=O)OC(C)(C)C)C[C@@H]1O.O=C(O)CCO.O=C=O. The molecule has 2 fully saturated rings. The van der Waals surface area contributed by atoms with Gasteiger partial charge in [-0.25, -0.2) is 14.4 Å². The number of ether oxygens (including phenoxy) is 3. The standard InChI is InChI=1S/C15H28N2O5.C10H20N2O3.C3H6O3.CO2/c1-14(2,3)21-12(19)16(7)10-8-17(9-11(10)18)13(20)22-15(4,5)6;1-10(2,3)15-9(14)12-5-7(11-4)8(13)6-12;4-2-1-3(5)6;2-1-3/h10-11,18H,8-9H2,1-7H3;7-8,11,13H,5-6H2,1-4H3;4H,1-2H2,(H,5,6);/t10-,11-;7-,8-;;/m00../s1. The van der Waals surface area contributed by atoms with E-state index in [1.165, 1.54) is 14.7 Å². The number of likely N-dealkylation sites (tertiary alicyclic amines) is 2. The van der Waals surface area contributed by atoms with Crippen molar-refractivity contribution in [2.75, 3.05) is 46.9 Å². The number of aliphatic hydroxyl groups is 3. The Hall–Kier alpha value is -3.50. The van der Waals surface area contributed by atoms with Crippen LogP contribution in [0.1, 0.15) is 68.7 Å². The minimum atomic E-state index is -0.961. The number of carbonyl (C=O) groups excluding carboxylic acids is 5. The van der Waals surface area contributed by atoms with Gasteiger partial charge < -0.3 is 54.7 Å². The first-order chi connectivity index (χ1) is 20.8. The van der Waals surface area contributed by atoms with Crippen molar-refractivity contribution in [3.63, 3.8) is 0 Å². The van der Waals surface area contributed by atoms with E-state index in [9.17, 15) is 29.4 Å². The van der Waals surface area contributed by atoms with E-state index in [-0.39, 0.29) is 44.4 Å². The molecule has 17 heteroatoms. The van der Waals surface area contributed by atoms with Gasteiger partial charge >= 0.3 is 30.4 Å². The molecule has 0 spiro atoms. The number of rotatable bonds is 4. The van der Waals surface area contributed by atoms with E-state index in [0.717, 1.165) is 0 Å². The Balaban J connectivity index is 0. The zero-order valence-electron chi connectivity index (χ0n) is 28.9. The molecule has 2 saturated heterocycles. The average Bonchev–Trinajstić information content (AvgIpc) is 3.44. The van der Waals surface area contributed by atoms with Crippen LogP contribution >= 0.6 is 0 Å². The Kier molecular flexibility index (Phi) is 19.3. The Bertz CT molecular complexity index is 999. The highest BCUT2D eigenvalue weighted by Crippen LogP contribution is 2.21. The first-order valence-electron chi connectivity index (χ1n) is 14.6. The Labute approximate surface area is 270 Å². The topological polar surface area (TPSA) is 233 Å². The van der Waals surface area contributed by atoms with Gasteiger partial charge in [0.15, 0.2) is 0 Å². The molecule has 0 radical (unpaired) electrons. The zero-order valence-corrected chi connectivity index (χ0v) is 28.9. The summed E-state index contributed by atoms with van der Waals surface area (Å²) in [6, 6.07) is -0.570. The summed E-state index contributed by atoms with van der Waals surface area (Å²) in [5.74, 6) is -0.961. The lowest BCUT2D eigenvalue weighted by molar-refractivity contribution is -0.191. The number of hydrogen-bond acceptors (Lipinski definition) is 13. The van der Waals surface area contributed by atoms with Gasteiger partial charge in [-0.2, -0.15) is 9.59 Å². The predicted octanol–water partition coefficient (Wildman–Crippen LogP) is 0.889. The molecule has 0 aromatic rings. The summed E-state index contributed by atoms with van der Waals surface area (Å²) in [4.78, 5) is 65.7. The van der Waals surface area contributed by atoms with E-state index in [0.29, 0.717) is 13.1 Å². The summed E-state index contributed by atoms with van der Waals surface area (Å²) in [5, 5.41) is 38.3. The first-order valence-corrected chi connectivity index (χ1v) is 14.6. The van der Waals surface area contributed by atoms with Crippen molar-refractivity contribution in [2.45, 2.75) is 110 Å². The lowest BCUT2D eigenvalue weighted by Crippen LogP contribution is -2.46. The number of amides is 3. The van der Waals surface area contributed by atoms with Gasteiger partial charge in [0.05, 0.1) is 50.4 Å². The number of likely N-dealkylation sites (N-methyl/N-ethyl adjacent to an activating group) is 2. The van der Waals surface area contributed by atoms with Crippen LogP contribution in [0.3, 0.4) is 0 Å². The van der Waals surface area contributed by atoms with Crippen molar-refractivity contribution in [3.05, 3.63) is 0 Å². The number of carboxylic acid groups (broad SMARTS) is 1. The number of nitrogens with one attached hydrogen (secondary N) is 1. The summed E-state index contributed by atoms with van der Waals surface area (Å²) >= 11 is 0. The highest BCUT2D eigenvalue weighted by atomic mass is 16.6. The number of β-amino-alcohol motifs (C(OH)–C–C–N with tert-alkyl or cyclic N) is 2. The fourth-order valence-electron chi connectivity index (χ4n) is 3.74. The minimum Gasteiger partial charge on any atom is -0.481 e. The number of hydrogen-bond donors (Lipinski definition) is 5. The normalized spacial score (nSPS) is 20.7. The maximum absolute atomic E-state index is 12.1. The van der Waals surface area contributed by atoms with E-state index < -0.39 is 53.2 Å². The third-order valence-electron chi connectivity index (χ3n) is 5.73. The lowest BCUT2D eigenvalue weighted by atomic mass is 10.2. The van der Waals surface area contributed by atoms with Crippen molar-refractivity contribution >= 4 is 30.4 Å². The van der Waals surface area contributed by atoms with Crippen molar-refractivity contribution in [1.82, 2.24) is 20.0 Å². The molecular formula is C29H54N4O13. The van der Waals surface area contributed by atoms with E-state index in [4.69, 9.17) is 34.0 Å². The number of aliphatic hydroxyl groups excluding tert-OH is 3. The molecule has 4 atom stereocenters. The second-order valence-electron chi connectivity index (χ2n) is 13.4. The Morgan fingerprint density at radius 2 is 1.17 bits per heavy atom. The van der Waals surface area contributed by atoms with Crippen LogP contribution in [0.2, 0.25) is 0 Å². The van der Waals surface area contributed by atoms with Crippen molar-refractivity contribution in [2.24, 2.45) is 0 Å². The van der Waals surface area contributed by atoms with Crippen LogP contribution in [0.15, 0.2) is 0 Å². The fraction of sp³-hybridized carbons (Fsp3) is 0.828. The van der Waals surface area contributed by atoms with Crippen molar-refractivity contribution < 1.29 is 63.4 Å². The van der Waals surface area contributed by atoms with Gasteiger partial charge in [0, 0.05) is 20.1 Å². The van der Waals surface area contributed by atoms with Crippen LogP contribution in [0.25, 0.3) is 0 Å². The molecule has 46 heavy (non-hydrogen) atoms. The highest BCUT2D eigenvalue weighted by Gasteiger charge is 2.41. The second kappa shape index (κ2) is 19.9. The Morgan fingerprint density at radius 1 is 0.783 bits per heavy atom. The highest BCUT2D eigenvalue weighted by molar-refractivity contribution is 5.71. The summed E-state index contributed by atoms with van der Waals surface area (Å²) < 4.78 is 15.8. The molecule has 0 unspecified atom stereocenters. The monoisotopic (exact) mass is 666 g/mol. The average molecular weight is 667 g/mol. The van der Waals surface area contributed by atoms with Gasteiger partial charge in [0.2, 0.25) is 0 Å². The summed E-state index contributed by atoms with van der Waals surface area (Å²) in [7, 11) is 3.33. The fourth-order valence-corrected chi connectivity index (χ4v) is 3.74. The lowest BCUT2D eigenvalue weighted by Gasteiger charge is -2.29. The van der Waals surface area contributed by atoms with Crippen LogP contribution in [-0.4, -0.2) is 154 Å². The smallest absolute Gasteiger partial charge is 0.410 e. The maximum Gasteiger partial charge on any atom is 0.410 e. The van der Waals surface area contributed by atoms with Crippen LogP contribution < -0.4 is 5.32 Å². The molecule has 0 aliphatic carbocycles. The molecule has 17 nitrogen and oxygen atoms in total. The molecule has 0 aromatic heterocycles. The van der Waals surface area contributed by atoms with Crippen molar-refractivity contribution in [3.8, 4) is 0 Å². The van der Waals surface area contributed by atoms with E-state index in [2.05, 4.69) is 5.32 Å². The van der Waals surface area contributed by atoms with Gasteiger partial charge in [0.1, 0.15) is 16.8 Å². The van der Waals surface area contributed by atoms with Gasteiger partial charge in [-0.1, -0.05) is 0 Å². The molecule has 0 bridgehead atoms. The van der Waals surface area contributed by atoms with Gasteiger partial charge in [-0.05, 0) is 69.4 Å². The van der Waals surface area contributed by atoms with Crippen LogP contribution in [0.4, 0.5) is 14.4 Å². The van der Waals surface area contributed by atoms with Crippen molar-refractivity contribution in [1.29, 1.82) is 0 Å². The Morgan fingerprint density at radius 3 is 1.48 bits per heavy atom. The molecule has 2 aliphatic rings. The molecule has 268 valence electrons. The predicted molar refractivity (Wildman–Crippen MR) is 163 cm³/mol. The molecular weight excluding hydrogens is 612 g/mol. The third-order valence-corrected chi connectivity index (χ3v) is 5.73. The first kappa shape index (κ1) is 44.6. The molecule has 5 N–H and O–H groups in total. The number of carboxylic acids is 1. The van der Waals surface area contributed by atoms with Gasteiger partial charge in [-0.15, -0.1) is 0 Å². The van der Waals surface area contributed by atoms with Crippen LogP contribution in [0.5, 0.6) is 0 Å². The molecule has 0 saturated carbocycles. The van der Waals surface area contributed by atoms with E-state index in [1.54, 1.807) is 55.6 Å².